The van der Waals surface area contributed by atoms with Gasteiger partial charge in [-0.3, -0.25) is 4.79 Å². The molecule has 0 spiro atoms. The van der Waals surface area contributed by atoms with Gasteiger partial charge in [-0.1, -0.05) is 24.6 Å². The maximum Gasteiger partial charge on any atom is 0.220 e. The minimum Gasteiger partial charge on any atom is -0.384 e. The normalized spacial score (nSPS) is 23.1. The SMILES string of the molecule is CC(NC(=O)CC1CNc2ccccc21)C1CCC1. The fraction of sp³-hybridized carbons (Fsp3) is 0.562. The first-order chi connectivity index (χ1) is 9.24. The van der Waals surface area contributed by atoms with E-state index in [2.05, 4.69) is 29.7 Å². The molecule has 1 aliphatic carbocycles. The molecule has 3 rings (SSSR count). The van der Waals surface area contributed by atoms with Crippen LogP contribution in [0.1, 0.15) is 44.1 Å². The topological polar surface area (TPSA) is 41.1 Å². The summed E-state index contributed by atoms with van der Waals surface area (Å²) in [4.78, 5) is 12.1. The summed E-state index contributed by atoms with van der Waals surface area (Å²) in [6.07, 6.45) is 4.47. The molecular weight excluding hydrogens is 236 g/mol. The molecule has 1 aromatic rings. The number of anilines is 1. The van der Waals surface area contributed by atoms with Crippen LogP contribution in [0.15, 0.2) is 24.3 Å². The molecule has 1 saturated carbocycles. The Labute approximate surface area is 114 Å². The Balaban J connectivity index is 1.55. The van der Waals surface area contributed by atoms with Crippen LogP contribution in [0.5, 0.6) is 0 Å². The van der Waals surface area contributed by atoms with Gasteiger partial charge in [-0.15, -0.1) is 0 Å². The summed E-state index contributed by atoms with van der Waals surface area (Å²) >= 11 is 0. The molecule has 2 atom stereocenters. The number of amides is 1. The van der Waals surface area contributed by atoms with Crippen molar-refractivity contribution < 1.29 is 4.79 Å². The molecule has 1 aromatic carbocycles. The highest BCUT2D eigenvalue weighted by Gasteiger charge is 2.27. The Morgan fingerprint density at radius 1 is 1.42 bits per heavy atom. The predicted molar refractivity (Wildman–Crippen MR) is 77.2 cm³/mol. The molecule has 102 valence electrons. The van der Waals surface area contributed by atoms with E-state index in [1.165, 1.54) is 30.5 Å². The zero-order chi connectivity index (χ0) is 13.2. The number of benzene rings is 1. The van der Waals surface area contributed by atoms with Crippen molar-refractivity contribution in [2.75, 3.05) is 11.9 Å². The van der Waals surface area contributed by atoms with Gasteiger partial charge in [-0.05, 0) is 37.3 Å². The predicted octanol–water partition coefficient (Wildman–Crippen LogP) is 2.89. The van der Waals surface area contributed by atoms with Crippen LogP contribution in [0, 0.1) is 5.92 Å². The highest BCUT2D eigenvalue weighted by Crippen LogP contribution is 2.33. The van der Waals surface area contributed by atoms with E-state index < -0.39 is 0 Å². The van der Waals surface area contributed by atoms with Gasteiger partial charge < -0.3 is 10.6 Å². The summed E-state index contributed by atoms with van der Waals surface area (Å²) < 4.78 is 0. The zero-order valence-electron chi connectivity index (χ0n) is 11.5. The lowest BCUT2D eigenvalue weighted by atomic mass is 9.80. The molecule has 3 nitrogen and oxygen atoms in total. The van der Waals surface area contributed by atoms with Crippen LogP contribution in [0.4, 0.5) is 5.69 Å². The second-order valence-corrected chi connectivity index (χ2v) is 5.92. The summed E-state index contributed by atoms with van der Waals surface area (Å²) in [6, 6.07) is 8.64. The summed E-state index contributed by atoms with van der Waals surface area (Å²) in [5.74, 6) is 1.23. The molecule has 1 fully saturated rings. The monoisotopic (exact) mass is 258 g/mol. The molecule has 1 aliphatic heterocycles. The van der Waals surface area contributed by atoms with Crippen molar-refractivity contribution in [2.24, 2.45) is 5.92 Å². The summed E-state index contributed by atoms with van der Waals surface area (Å²) in [7, 11) is 0. The highest BCUT2D eigenvalue weighted by molar-refractivity contribution is 5.78. The van der Waals surface area contributed by atoms with Crippen molar-refractivity contribution in [3.8, 4) is 0 Å². The van der Waals surface area contributed by atoms with Crippen molar-refractivity contribution >= 4 is 11.6 Å². The van der Waals surface area contributed by atoms with E-state index in [1.807, 2.05) is 12.1 Å². The lowest BCUT2D eigenvalue weighted by Crippen LogP contribution is -2.41. The van der Waals surface area contributed by atoms with E-state index in [0.717, 1.165) is 6.54 Å². The fourth-order valence-corrected chi connectivity index (χ4v) is 3.13. The Morgan fingerprint density at radius 2 is 2.21 bits per heavy atom. The largest absolute Gasteiger partial charge is 0.384 e. The van der Waals surface area contributed by atoms with E-state index in [4.69, 9.17) is 0 Å². The van der Waals surface area contributed by atoms with Gasteiger partial charge >= 0.3 is 0 Å². The van der Waals surface area contributed by atoms with Crippen LogP contribution < -0.4 is 10.6 Å². The minimum absolute atomic E-state index is 0.197. The van der Waals surface area contributed by atoms with Crippen LogP contribution in [-0.4, -0.2) is 18.5 Å². The average Bonchev–Trinajstić information content (AvgIpc) is 2.70. The quantitative estimate of drug-likeness (QED) is 0.872. The highest BCUT2D eigenvalue weighted by atomic mass is 16.1. The first-order valence-corrected chi connectivity index (χ1v) is 7.36. The van der Waals surface area contributed by atoms with Crippen molar-refractivity contribution in [1.82, 2.24) is 5.32 Å². The van der Waals surface area contributed by atoms with E-state index in [9.17, 15) is 4.79 Å². The molecule has 1 heterocycles. The fourth-order valence-electron chi connectivity index (χ4n) is 3.13. The van der Waals surface area contributed by atoms with Crippen LogP contribution in [0.2, 0.25) is 0 Å². The molecule has 0 bridgehead atoms. The van der Waals surface area contributed by atoms with E-state index in [-0.39, 0.29) is 5.91 Å². The number of fused-ring (bicyclic) bond motifs is 1. The molecule has 2 aliphatic rings. The number of carbonyl (C=O) groups is 1. The van der Waals surface area contributed by atoms with Crippen molar-refractivity contribution in [3.63, 3.8) is 0 Å². The third kappa shape index (κ3) is 2.60. The first-order valence-electron chi connectivity index (χ1n) is 7.36. The minimum atomic E-state index is 0.197. The summed E-state index contributed by atoms with van der Waals surface area (Å²) in [6.45, 7) is 3.02. The molecule has 3 heteroatoms. The van der Waals surface area contributed by atoms with Gasteiger partial charge in [0.15, 0.2) is 0 Å². The number of nitrogens with one attached hydrogen (secondary N) is 2. The number of para-hydroxylation sites is 1. The van der Waals surface area contributed by atoms with Crippen LogP contribution in [0.3, 0.4) is 0 Å². The Hall–Kier alpha value is -1.51. The van der Waals surface area contributed by atoms with Crippen molar-refractivity contribution in [3.05, 3.63) is 29.8 Å². The van der Waals surface area contributed by atoms with Gasteiger partial charge in [0, 0.05) is 30.6 Å². The maximum absolute atomic E-state index is 12.1. The van der Waals surface area contributed by atoms with E-state index in [1.54, 1.807) is 0 Å². The smallest absolute Gasteiger partial charge is 0.220 e. The molecule has 0 saturated heterocycles. The molecule has 0 aromatic heterocycles. The summed E-state index contributed by atoms with van der Waals surface area (Å²) in [5, 5.41) is 6.55. The van der Waals surface area contributed by atoms with Crippen molar-refractivity contribution in [1.29, 1.82) is 0 Å². The number of rotatable bonds is 4. The van der Waals surface area contributed by atoms with Crippen LogP contribution in [-0.2, 0) is 4.79 Å². The molecule has 2 N–H and O–H groups in total. The van der Waals surface area contributed by atoms with Gasteiger partial charge in [0.1, 0.15) is 0 Å². The van der Waals surface area contributed by atoms with Crippen LogP contribution in [0.25, 0.3) is 0 Å². The third-order valence-corrected chi connectivity index (χ3v) is 4.62. The lowest BCUT2D eigenvalue weighted by molar-refractivity contribution is -0.122. The van der Waals surface area contributed by atoms with E-state index in [0.29, 0.717) is 24.3 Å². The third-order valence-electron chi connectivity index (χ3n) is 4.62. The van der Waals surface area contributed by atoms with Crippen LogP contribution >= 0.6 is 0 Å². The molecule has 2 unspecified atom stereocenters. The Kier molecular flexibility index (Phi) is 3.45. The van der Waals surface area contributed by atoms with Gasteiger partial charge in [-0.2, -0.15) is 0 Å². The molecular formula is C16H22N2O. The lowest BCUT2D eigenvalue weighted by Gasteiger charge is -2.32. The Bertz CT molecular complexity index is 468. The zero-order valence-corrected chi connectivity index (χ0v) is 11.5. The van der Waals surface area contributed by atoms with Gasteiger partial charge in [0.25, 0.3) is 0 Å². The molecule has 1 amide bonds. The number of hydrogen-bond donors (Lipinski definition) is 2. The van der Waals surface area contributed by atoms with E-state index >= 15 is 0 Å². The number of carbonyl (C=O) groups excluding carboxylic acids is 1. The van der Waals surface area contributed by atoms with Gasteiger partial charge in [0.2, 0.25) is 5.91 Å². The average molecular weight is 258 g/mol. The van der Waals surface area contributed by atoms with Gasteiger partial charge in [-0.25, -0.2) is 0 Å². The second-order valence-electron chi connectivity index (χ2n) is 5.92. The molecule has 0 radical (unpaired) electrons. The molecule has 19 heavy (non-hydrogen) atoms. The Morgan fingerprint density at radius 3 is 2.95 bits per heavy atom. The first kappa shape index (κ1) is 12.5. The standard InChI is InChI=1S/C16H22N2O/c1-11(12-5-4-6-12)18-16(19)9-13-10-17-15-8-3-2-7-14(13)15/h2-3,7-8,11-13,17H,4-6,9-10H2,1H3,(H,18,19). The maximum atomic E-state index is 12.1. The van der Waals surface area contributed by atoms with Crippen molar-refractivity contribution in [2.45, 2.75) is 44.6 Å². The summed E-state index contributed by atoms with van der Waals surface area (Å²) in [5.41, 5.74) is 2.47. The second kappa shape index (κ2) is 5.24. The van der Waals surface area contributed by atoms with Gasteiger partial charge in [0.05, 0.1) is 0 Å². The number of hydrogen-bond acceptors (Lipinski definition) is 2.